The Labute approximate surface area is 118 Å². The second kappa shape index (κ2) is 5.13. The van der Waals surface area contributed by atoms with Crippen molar-refractivity contribution < 1.29 is 4.74 Å². The summed E-state index contributed by atoms with van der Waals surface area (Å²) in [6.07, 6.45) is 1.82. The number of nitrogens with two attached hydrogens (primary N) is 1. The van der Waals surface area contributed by atoms with Crippen LogP contribution in [0.15, 0.2) is 41.3 Å². The molecule has 0 bridgehead atoms. The zero-order valence-corrected chi connectivity index (χ0v) is 12.3. The molecule has 0 unspecified atom stereocenters. The minimum atomic E-state index is -0.668. The molecule has 106 valence electrons. The molecule has 4 heteroatoms. The number of hydrogen-bond acceptors (Lipinski definition) is 3. The van der Waals surface area contributed by atoms with E-state index in [0.717, 1.165) is 17.1 Å². The van der Waals surface area contributed by atoms with Gasteiger partial charge >= 0.3 is 0 Å². The number of pyridine rings is 1. The molecule has 1 aromatic heterocycles. The molecule has 20 heavy (non-hydrogen) atoms. The fourth-order valence-electron chi connectivity index (χ4n) is 2.14. The minimum Gasteiger partial charge on any atom is -0.497 e. The summed E-state index contributed by atoms with van der Waals surface area (Å²) in [4.78, 5) is 12.1. The standard InChI is InChI=1S/C16H20N2O2/c1-11-9-15(19)14(16(2,3)17)10-18(11)12-5-7-13(20-4)8-6-12/h5-10H,17H2,1-4H3. The summed E-state index contributed by atoms with van der Waals surface area (Å²) >= 11 is 0. The lowest BCUT2D eigenvalue weighted by Crippen LogP contribution is -2.35. The third kappa shape index (κ3) is 2.75. The average Bonchev–Trinajstić information content (AvgIpc) is 2.37. The van der Waals surface area contributed by atoms with E-state index in [9.17, 15) is 4.79 Å². The van der Waals surface area contributed by atoms with Crippen LogP contribution in [0.2, 0.25) is 0 Å². The van der Waals surface area contributed by atoms with Gasteiger partial charge in [-0.05, 0) is 45.0 Å². The Balaban J connectivity index is 2.58. The van der Waals surface area contributed by atoms with Gasteiger partial charge in [-0.2, -0.15) is 0 Å². The van der Waals surface area contributed by atoms with E-state index in [4.69, 9.17) is 10.5 Å². The molecule has 0 aliphatic rings. The maximum absolute atomic E-state index is 12.1. The van der Waals surface area contributed by atoms with Crippen LogP contribution in [0, 0.1) is 6.92 Å². The first-order chi connectivity index (χ1) is 9.32. The second-order valence-corrected chi connectivity index (χ2v) is 5.48. The van der Waals surface area contributed by atoms with Crippen LogP contribution >= 0.6 is 0 Å². The number of rotatable bonds is 3. The third-order valence-corrected chi connectivity index (χ3v) is 3.29. The Morgan fingerprint density at radius 3 is 2.30 bits per heavy atom. The lowest BCUT2D eigenvalue weighted by atomic mass is 9.96. The van der Waals surface area contributed by atoms with Gasteiger partial charge in [-0.15, -0.1) is 0 Å². The lowest BCUT2D eigenvalue weighted by molar-refractivity contribution is 0.414. The Hall–Kier alpha value is -2.07. The second-order valence-electron chi connectivity index (χ2n) is 5.48. The van der Waals surface area contributed by atoms with Crippen LogP contribution in [0.25, 0.3) is 5.69 Å². The van der Waals surface area contributed by atoms with E-state index in [2.05, 4.69) is 0 Å². The molecule has 0 aliphatic carbocycles. The fraction of sp³-hybridized carbons (Fsp3) is 0.312. The third-order valence-electron chi connectivity index (χ3n) is 3.29. The zero-order valence-electron chi connectivity index (χ0n) is 12.3. The normalized spacial score (nSPS) is 11.4. The number of methoxy groups -OCH3 is 1. The van der Waals surface area contributed by atoms with E-state index < -0.39 is 5.54 Å². The highest BCUT2D eigenvalue weighted by Crippen LogP contribution is 2.19. The first kappa shape index (κ1) is 14.3. The molecule has 2 rings (SSSR count). The number of ether oxygens (including phenoxy) is 1. The number of hydrogen-bond donors (Lipinski definition) is 1. The van der Waals surface area contributed by atoms with E-state index in [-0.39, 0.29) is 5.43 Å². The summed E-state index contributed by atoms with van der Waals surface area (Å²) in [7, 11) is 1.63. The van der Waals surface area contributed by atoms with E-state index in [0.29, 0.717) is 5.56 Å². The summed E-state index contributed by atoms with van der Waals surface area (Å²) < 4.78 is 7.12. The van der Waals surface area contributed by atoms with Crippen LogP contribution in [-0.2, 0) is 5.54 Å². The van der Waals surface area contributed by atoms with Crippen LogP contribution in [0.4, 0.5) is 0 Å². The first-order valence-corrected chi connectivity index (χ1v) is 6.50. The fourth-order valence-corrected chi connectivity index (χ4v) is 2.14. The molecule has 0 atom stereocenters. The Bertz CT molecular complexity index is 664. The van der Waals surface area contributed by atoms with Crippen molar-refractivity contribution >= 4 is 0 Å². The Morgan fingerprint density at radius 2 is 1.80 bits per heavy atom. The predicted octanol–water partition coefficient (Wildman–Crippen LogP) is 2.35. The van der Waals surface area contributed by atoms with E-state index in [1.54, 1.807) is 13.2 Å². The minimum absolute atomic E-state index is 0.0280. The van der Waals surface area contributed by atoms with Crippen molar-refractivity contribution in [3.63, 3.8) is 0 Å². The van der Waals surface area contributed by atoms with Gasteiger partial charge in [0.1, 0.15) is 5.75 Å². The van der Waals surface area contributed by atoms with Gasteiger partial charge in [0.15, 0.2) is 5.43 Å². The molecule has 1 heterocycles. The largest absolute Gasteiger partial charge is 0.497 e. The van der Waals surface area contributed by atoms with Crippen molar-refractivity contribution in [3.05, 3.63) is 58.0 Å². The van der Waals surface area contributed by atoms with Gasteiger partial charge in [-0.1, -0.05) is 0 Å². The van der Waals surface area contributed by atoms with Crippen molar-refractivity contribution in [1.29, 1.82) is 0 Å². The molecule has 0 spiro atoms. The summed E-state index contributed by atoms with van der Waals surface area (Å²) in [5.41, 5.74) is 7.80. The molecule has 2 N–H and O–H groups in total. The highest BCUT2D eigenvalue weighted by molar-refractivity contribution is 5.40. The van der Waals surface area contributed by atoms with Crippen molar-refractivity contribution in [2.75, 3.05) is 7.11 Å². The number of aryl methyl sites for hydroxylation is 1. The summed E-state index contributed by atoms with van der Waals surface area (Å²) in [5.74, 6) is 0.798. The van der Waals surface area contributed by atoms with Crippen molar-refractivity contribution in [1.82, 2.24) is 4.57 Å². The molecule has 1 aromatic carbocycles. The van der Waals surface area contributed by atoms with Gasteiger partial charge in [0, 0.05) is 34.7 Å². The van der Waals surface area contributed by atoms with Gasteiger partial charge in [0.05, 0.1) is 7.11 Å². The molecule has 0 radical (unpaired) electrons. The van der Waals surface area contributed by atoms with Gasteiger partial charge in [0.25, 0.3) is 0 Å². The highest BCUT2D eigenvalue weighted by atomic mass is 16.5. The van der Waals surface area contributed by atoms with Crippen LogP contribution in [0.5, 0.6) is 5.75 Å². The summed E-state index contributed by atoms with van der Waals surface area (Å²) in [6, 6.07) is 9.29. The zero-order chi connectivity index (χ0) is 14.9. The molecular formula is C16H20N2O2. The van der Waals surface area contributed by atoms with Crippen molar-refractivity contribution in [2.24, 2.45) is 5.73 Å². The van der Waals surface area contributed by atoms with Gasteiger partial charge in [-0.25, -0.2) is 0 Å². The lowest BCUT2D eigenvalue weighted by Gasteiger charge is -2.21. The maximum Gasteiger partial charge on any atom is 0.186 e. The van der Waals surface area contributed by atoms with E-state index >= 15 is 0 Å². The quantitative estimate of drug-likeness (QED) is 0.933. The van der Waals surface area contributed by atoms with Crippen LogP contribution < -0.4 is 15.9 Å². The maximum atomic E-state index is 12.1. The first-order valence-electron chi connectivity index (χ1n) is 6.50. The molecular weight excluding hydrogens is 252 g/mol. The van der Waals surface area contributed by atoms with Crippen molar-refractivity contribution in [3.8, 4) is 11.4 Å². The van der Waals surface area contributed by atoms with E-state index in [1.165, 1.54) is 0 Å². The molecule has 4 nitrogen and oxygen atoms in total. The van der Waals surface area contributed by atoms with Gasteiger partial charge in [-0.3, -0.25) is 4.79 Å². The van der Waals surface area contributed by atoms with Crippen molar-refractivity contribution in [2.45, 2.75) is 26.3 Å². The molecule has 0 saturated heterocycles. The summed E-state index contributed by atoms with van der Waals surface area (Å²) in [6.45, 7) is 5.56. The molecule has 2 aromatic rings. The number of nitrogens with zero attached hydrogens (tertiary/aromatic N) is 1. The SMILES string of the molecule is COc1ccc(-n2cc(C(C)(C)N)c(=O)cc2C)cc1. The van der Waals surface area contributed by atoms with Crippen LogP contribution in [0.3, 0.4) is 0 Å². The molecule has 0 amide bonds. The highest BCUT2D eigenvalue weighted by Gasteiger charge is 2.19. The summed E-state index contributed by atoms with van der Waals surface area (Å²) in [5, 5.41) is 0. The van der Waals surface area contributed by atoms with Gasteiger partial charge < -0.3 is 15.0 Å². The monoisotopic (exact) mass is 272 g/mol. The Morgan fingerprint density at radius 1 is 1.20 bits per heavy atom. The predicted molar refractivity (Wildman–Crippen MR) is 80.5 cm³/mol. The van der Waals surface area contributed by atoms with Crippen LogP contribution in [0.1, 0.15) is 25.1 Å². The van der Waals surface area contributed by atoms with Gasteiger partial charge in [0.2, 0.25) is 0 Å². The molecule has 0 saturated carbocycles. The molecule has 0 fully saturated rings. The number of aromatic nitrogens is 1. The average molecular weight is 272 g/mol. The van der Waals surface area contributed by atoms with Crippen LogP contribution in [-0.4, -0.2) is 11.7 Å². The number of benzene rings is 1. The Kier molecular flexibility index (Phi) is 3.68. The van der Waals surface area contributed by atoms with E-state index in [1.807, 2.05) is 55.8 Å². The smallest absolute Gasteiger partial charge is 0.186 e. The molecule has 0 aliphatic heterocycles. The topological polar surface area (TPSA) is 57.2 Å².